The summed E-state index contributed by atoms with van der Waals surface area (Å²) in [6.45, 7) is 1.77. The molecule has 1 saturated carbocycles. The van der Waals surface area contributed by atoms with Gasteiger partial charge < -0.3 is 9.05 Å². The van der Waals surface area contributed by atoms with Gasteiger partial charge in [-0.2, -0.15) is 9.97 Å². The number of thioether (sulfide) groups is 1. The Hall–Kier alpha value is -2.15. The van der Waals surface area contributed by atoms with Gasteiger partial charge in [-0.3, -0.25) is 0 Å². The fourth-order valence-electron chi connectivity index (χ4n) is 3.09. The van der Waals surface area contributed by atoms with Crippen molar-refractivity contribution < 1.29 is 9.05 Å². The van der Waals surface area contributed by atoms with E-state index in [-0.39, 0.29) is 4.75 Å². The molecule has 0 amide bonds. The van der Waals surface area contributed by atoms with E-state index in [0.717, 1.165) is 12.8 Å². The number of hydrogen-bond acceptors (Lipinski definition) is 7. The van der Waals surface area contributed by atoms with E-state index in [2.05, 4.69) is 44.5 Å². The van der Waals surface area contributed by atoms with Crippen LogP contribution < -0.4 is 0 Å². The highest BCUT2D eigenvalue weighted by atomic mass is 32.2. The number of aromatic nitrogens is 4. The van der Waals surface area contributed by atoms with Crippen LogP contribution in [0.15, 0.2) is 44.3 Å². The lowest BCUT2D eigenvalue weighted by Crippen LogP contribution is -2.17. The molecule has 6 nitrogen and oxygen atoms in total. The van der Waals surface area contributed by atoms with Crippen LogP contribution in [0, 0.1) is 6.92 Å². The molecule has 24 heavy (non-hydrogen) atoms. The maximum atomic E-state index is 5.64. The maximum Gasteiger partial charge on any atom is 0.243 e. The van der Waals surface area contributed by atoms with Gasteiger partial charge in [-0.1, -0.05) is 41.4 Å². The minimum atomic E-state index is -0.125. The van der Waals surface area contributed by atoms with Crippen LogP contribution in [-0.2, 0) is 11.2 Å². The molecule has 0 unspecified atom stereocenters. The number of hydrogen-bond donors (Lipinski definition) is 0. The van der Waals surface area contributed by atoms with Crippen molar-refractivity contribution in [2.24, 2.45) is 0 Å². The molecule has 0 saturated heterocycles. The molecule has 3 aromatic rings. The van der Waals surface area contributed by atoms with E-state index in [0.29, 0.717) is 29.9 Å². The normalized spacial score (nSPS) is 16.5. The molecule has 0 aliphatic heterocycles. The van der Waals surface area contributed by atoms with Crippen LogP contribution in [0.2, 0.25) is 0 Å². The minimum absolute atomic E-state index is 0.125. The van der Waals surface area contributed by atoms with E-state index in [1.165, 1.54) is 17.7 Å². The lowest BCUT2D eigenvalue weighted by Gasteiger charge is -2.23. The summed E-state index contributed by atoms with van der Waals surface area (Å²) >= 11 is 1.83. The summed E-state index contributed by atoms with van der Waals surface area (Å²) in [5, 5.41) is 8.02. The molecule has 0 atom stereocenters. The van der Waals surface area contributed by atoms with Crippen LogP contribution in [0.1, 0.15) is 49.1 Å². The Morgan fingerprint density at radius 1 is 1.00 bits per heavy atom. The van der Waals surface area contributed by atoms with Gasteiger partial charge in [-0.05, 0) is 25.0 Å². The number of aryl methyl sites for hydroxylation is 1. The smallest absolute Gasteiger partial charge is 0.243 e. The Bertz CT molecular complexity index is 809. The topological polar surface area (TPSA) is 77.8 Å². The number of nitrogens with zero attached hydrogens (tertiary/aromatic N) is 4. The molecule has 7 heteroatoms. The van der Waals surface area contributed by atoms with Crippen LogP contribution in [0.3, 0.4) is 0 Å². The molecule has 4 rings (SSSR count). The largest absolute Gasteiger partial charge is 0.340 e. The predicted octanol–water partition coefficient (Wildman–Crippen LogP) is 3.91. The van der Waals surface area contributed by atoms with Crippen molar-refractivity contribution in [1.29, 1.82) is 0 Å². The lowest BCUT2D eigenvalue weighted by atomic mass is 10.1. The Morgan fingerprint density at radius 3 is 2.42 bits per heavy atom. The summed E-state index contributed by atoms with van der Waals surface area (Å²) < 4.78 is 10.5. The average molecular weight is 342 g/mol. The van der Waals surface area contributed by atoms with Gasteiger partial charge in [0.05, 0.1) is 11.2 Å². The fraction of sp³-hybridized carbons (Fsp3) is 0.412. The number of rotatable bonds is 5. The van der Waals surface area contributed by atoms with Gasteiger partial charge in [-0.25, -0.2) is 0 Å². The monoisotopic (exact) mass is 342 g/mol. The highest BCUT2D eigenvalue weighted by molar-refractivity contribution is 8.00. The van der Waals surface area contributed by atoms with Crippen molar-refractivity contribution in [1.82, 2.24) is 20.3 Å². The summed E-state index contributed by atoms with van der Waals surface area (Å²) in [5.74, 6) is 2.44. The molecule has 0 N–H and O–H groups in total. The van der Waals surface area contributed by atoms with Crippen LogP contribution >= 0.6 is 11.8 Å². The summed E-state index contributed by atoms with van der Waals surface area (Å²) in [4.78, 5) is 10.1. The van der Waals surface area contributed by atoms with Gasteiger partial charge >= 0.3 is 0 Å². The minimum Gasteiger partial charge on any atom is -0.340 e. The van der Waals surface area contributed by atoms with E-state index in [1.807, 2.05) is 17.8 Å². The number of benzene rings is 1. The second-order valence-corrected chi connectivity index (χ2v) is 7.50. The molecule has 124 valence electrons. The second-order valence-electron chi connectivity index (χ2n) is 6.04. The van der Waals surface area contributed by atoms with E-state index in [9.17, 15) is 0 Å². The van der Waals surface area contributed by atoms with Crippen molar-refractivity contribution in [2.75, 3.05) is 0 Å². The first-order valence-corrected chi connectivity index (χ1v) is 8.91. The van der Waals surface area contributed by atoms with E-state index >= 15 is 0 Å². The molecular formula is C17H18N4O2S. The van der Waals surface area contributed by atoms with Crippen LogP contribution in [0.5, 0.6) is 0 Å². The maximum absolute atomic E-state index is 5.64. The van der Waals surface area contributed by atoms with Crippen LogP contribution in [0.4, 0.5) is 0 Å². The first-order chi connectivity index (χ1) is 11.7. The Morgan fingerprint density at radius 2 is 1.71 bits per heavy atom. The average Bonchev–Trinajstić information content (AvgIpc) is 3.31. The molecule has 0 bridgehead atoms. The first-order valence-electron chi connectivity index (χ1n) is 8.10. The van der Waals surface area contributed by atoms with E-state index in [4.69, 9.17) is 9.05 Å². The Balaban J connectivity index is 1.58. The third-order valence-corrected chi connectivity index (χ3v) is 5.69. The van der Waals surface area contributed by atoms with Gasteiger partial charge in [-0.15, -0.1) is 11.8 Å². The van der Waals surface area contributed by atoms with Crippen LogP contribution in [0.25, 0.3) is 0 Å². The molecular weight excluding hydrogens is 324 g/mol. The quantitative estimate of drug-likeness (QED) is 0.695. The lowest BCUT2D eigenvalue weighted by molar-refractivity contribution is 0.337. The Labute approximate surface area is 144 Å². The zero-order chi connectivity index (χ0) is 16.4. The molecule has 0 radical (unpaired) electrons. The van der Waals surface area contributed by atoms with E-state index < -0.39 is 0 Å². The van der Waals surface area contributed by atoms with Gasteiger partial charge in [0.2, 0.25) is 11.8 Å². The van der Waals surface area contributed by atoms with Gasteiger partial charge in [0.25, 0.3) is 0 Å². The summed E-state index contributed by atoms with van der Waals surface area (Å²) in [7, 11) is 0. The first kappa shape index (κ1) is 15.4. The molecule has 0 spiro atoms. The SMILES string of the molecule is Cc1nc(Cc2noc(C3(Sc4ccccc4)CCCC3)n2)no1. The summed E-state index contributed by atoms with van der Waals surface area (Å²) in [6, 6.07) is 10.4. The third kappa shape index (κ3) is 3.08. The van der Waals surface area contributed by atoms with Gasteiger partial charge in [0.1, 0.15) is 0 Å². The zero-order valence-corrected chi connectivity index (χ0v) is 14.3. The zero-order valence-electron chi connectivity index (χ0n) is 13.4. The van der Waals surface area contributed by atoms with Crippen LogP contribution in [-0.4, -0.2) is 20.3 Å². The van der Waals surface area contributed by atoms with Gasteiger partial charge in [0, 0.05) is 11.8 Å². The summed E-state index contributed by atoms with van der Waals surface area (Å²) in [6.07, 6.45) is 4.89. The summed E-state index contributed by atoms with van der Waals surface area (Å²) in [5.41, 5.74) is 0. The standard InChI is InChI=1S/C17H18N4O2S/c1-12-18-14(20-22-12)11-15-19-16(23-21-15)17(9-5-6-10-17)24-13-7-3-2-4-8-13/h2-4,7-8H,5-6,9-11H2,1H3. The molecule has 1 aliphatic carbocycles. The van der Waals surface area contributed by atoms with Gasteiger partial charge in [0.15, 0.2) is 11.6 Å². The second kappa shape index (κ2) is 6.39. The third-order valence-electron chi connectivity index (χ3n) is 4.21. The highest BCUT2D eigenvalue weighted by Gasteiger charge is 2.42. The highest BCUT2D eigenvalue weighted by Crippen LogP contribution is 2.51. The molecule has 1 fully saturated rings. The fourth-order valence-corrected chi connectivity index (χ4v) is 4.49. The van der Waals surface area contributed by atoms with E-state index in [1.54, 1.807) is 6.92 Å². The van der Waals surface area contributed by atoms with Crippen molar-refractivity contribution >= 4 is 11.8 Å². The van der Waals surface area contributed by atoms with Crippen molar-refractivity contribution in [3.63, 3.8) is 0 Å². The predicted molar refractivity (Wildman–Crippen MR) is 88.6 cm³/mol. The molecule has 2 heterocycles. The van der Waals surface area contributed by atoms with Crippen molar-refractivity contribution in [2.45, 2.75) is 48.7 Å². The Kier molecular flexibility index (Phi) is 4.10. The molecule has 1 aliphatic rings. The van der Waals surface area contributed by atoms with Crippen molar-refractivity contribution in [3.05, 3.63) is 53.8 Å². The van der Waals surface area contributed by atoms with Crippen molar-refractivity contribution in [3.8, 4) is 0 Å². The molecule has 2 aromatic heterocycles. The molecule has 1 aromatic carbocycles.